The molecule has 0 aliphatic carbocycles. The molecule has 148 valence electrons. The Morgan fingerprint density at radius 2 is 1.75 bits per heavy atom. The van der Waals surface area contributed by atoms with Crippen molar-refractivity contribution < 1.29 is 19.1 Å². The van der Waals surface area contributed by atoms with Gasteiger partial charge in [-0.25, -0.2) is 0 Å². The predicted molar refractivity (Wildman–Crippen MR) is 106 cm³/mol. The van der Waals surface area contributed by atoms with Gasteiger partial charge in [0.25, 0.3) is 0 Å². The molecule has 0 fully saturated rings. The number of aryl methyl sites for hydroxylation is 1. The quantitative estimate of drug-likeness (QED) is 0.803. The van der Waals surface area contributed by atoms with Crippen molar-refractivity contribution in [3.05, 3.63) is 59.2 Å². The first-order valence-electron chi connectivity index (χ1n) is 9.29. The van der Waals surface area contributed by atoms with E-state index in [0.717, 1.165) is 16.7 Å². The third-order valence-electron chi connectivity index (χ3n) is 4.79. The first kappa shape index (κ1) is 19.7. The zero-order valence-corrected chi connectivity index (χ0v) is 16.7. The Balaban J connectivity index is 1.72. The highest BCUT2D eigenvalue weighted by Crippen LogP contribution is 2.35. The summed E-state index contributed by atoms with van der Waals surface area (Å²) in [6, 6.07) is 13.1. The van der Waals surface area contributed by atoms with Crippen molar-refractivity contribution in [2.45, 2.75) is 45.7 Å². The second kappa shape index (κ2) is 7.92. The van der Waals surface area contributed by atoms with Crippen molar-refractivity contribution in [2.75, 3.05) is 6.79 Å². The van der Waals surface area contributed by atoms with E-state index in [-0.39, 0.29) is 31.1 Å². The number of rotatable bonds is 6. The molecule has 0 aromatic heterocycles. The molecular weight excluding hydrogens is 356 g/mol. The van der Waals surface area contributed by atoms with Gasteiger partial charge in [-0.2, -0.15) is 0 Å². The zero-order valence-electron chi connectivity index (χ0n) is 16.7. The van der Waals surface area contributed by atoms with Crippen molar-refractivity contribution in [2.24, 2.45) is 0 Å². The number of benzene rings is 2. The third kappa shape index (κ3) is 4.63. The monoisotopic (exact) mass is 382 g/mol. The fourth-order valence-electron chi connectivity index (χ4n) is 3.24. The van der Waals surface area contributed by atoms with Gasteiger partial charge in [0.15, 0.2) is 11.5 Å². The molecule has 2 N–H and O–H groups in total. The van der Waals surface area contributed by atoms with Crippen LogP contribution in [0.4, 0.5) is 0 Å². The lowest BCUT2D eigenvalue weighted by atomic mass is 9.93. The summed E-state index contributed by atoms with van der Waals surface area (Å²) in [5.41, 5.74) is 2.33. The minimum atomic E-state index is -0.605. The molecule has 3 rings (SSSR count). The number of ether oxygens (including phenoxy) is 2. The Bertz CT molecular complexity index is 875. The molecule has 2 aromatic carbocycles. The first-order valence-corrected chi connectivity index (χ1v) is 9.29. The van der Waals surface area contributed by atoms with Crippen LogP contribution in [0, 0.1) is 6.92 Å². The smallest absolute Gasteiger partial charge is 0.231 e. The lowest BCUT2D eigenvalue weighted by Gasteiger charge is -2.28. The fourth-order valence-corrected chi connectivity index (χ4v) is 3.24. The van der Waals surface area contributed by atoms with Crippen LogP contribution in [-0.4, -0.2) is 18.6 Å². The third-order valence-corrected chi connectivity index (χ3v) is 4.79. The second-order valence-corrected chi connectivity index (χ2v) is 7.61. The molecule has 28 heavy (non-hydrogen) atoms. The van der Waals surface area contributed by atoms with Gasteiger partial charge in [0.2, 0.25) is 18.6 Å². The maximum absolute atomic E-state index is 12.8. The number of nitrogens with one attached hydrogen (secondary N) is 2. The zero-order chi connectivity index (χ0) is 20.3. The number of amides is 2. The summed E-state index contributed by atoms with van der Waals surface area (Å²) in [5.74, 6) is 1.06. The van der Waals surface area contributed by atoms with E-state index in [0.29, 0.717) is 11.5 Å². The SMILES string of the molecule is CC(=O)NC(CC(=O)NC(C)(C)c1ccc2c(c1)OCO2)c1ccc(C)cc1. The Labute approximate surface area is 165 Å². The molecule has 2 amide bonds. The van der Waals surface area contributed by atoms with Gasteiger partial charge in [-0.05, 0) is 44.0 Å². The summed E-state index contributed by atoms with van der Waals surface area (Å²) in [6.07, 6.45) is 0.149. The van der Waals surface area contributed by atoms with E-state index in [2.05, 4.69) is 10.6 Å². The predicted octanol–water partition coefficient (Wildman–Crippen LogP) is 3.34. The van der Waals surface area contributed by atoms with Crippen LogP contribution in [0.1, 0.15) is 49.9 Å². The standard InChI is InChI=1S/C22H26N2O4/c1-14-5-7-16(8-6-14)18(23-15(2)25)12-21(26)24-22(3,4)17-9-10-19-20(11-17)28-13-27-19/h5-11,18H,12-13H2,1-4H3,(H,23,25)(H,24,26). The number of hydrogen-bond donors (Lipinski definition) is 2. The molecule has 1 unspecified atom stereocenters. The highest BCUT2D eigenvalue weighted by molar-refractivity contribution is 5.80. The highest BCUT2D eigenvalue weighted by Gasteiger charge is 2.27. The second-order valence-electron chi connectivity index (χ2n) is 7.61. The minimum absolute atomic E-state index is 0.149. The van der Waals surface area contributed by atoms with Crippen molar-refractivity contribution in [1.82, 2.24) is 10.6 Å². The van der Waals surface area contributed by atoms with Gasteiger partial charge in [-0.1, -0.05) is 35.9 Å². The van der Waals surface area contributed by atoms with E-state index < -0.39 is 5.54 Å². The summed E-state index contributed by atoms with van der Waals surface area (Å²) in [7, 11) is 0. The summed E-state index contributed by atoms with van der Waals surface area (Å²) in [6.45, 7) is 7.53. The lowest BCUT2D eigenvalue weighted by Crippen LogP contribution is -2.42. The maximum Gasteiger partial charge on any atom is 0.231 e. The molecule has 2 aromatic rings. The largest absolute Gasteiger partial charge is 0.454 e. The molecule has 0 spiro atoms. The Morgan fingerprint density at radius 3 is 2.43 bits per heavy atom. The number of hydrogen-bond acceptors (Lipinski definition) is 4. The molecule has 0 saturated heterocycles. The van der Waals surface area contributed by atoms with Gasteiger partial charge in [0, 0.05) is 6.92 Å². The van der Waals surface area contributed by atoms with E-state index >= 15 is 0 Å². The highest BCUT2D eigenvalue weighted by atomic mass is 16.7. The topological polar surface area (TPSA) is 76.7 Å². The average molecular weight is 382 g/mol. The van der Waals surface area contributed by atoms with Gasteiger partial charge < -0.3 is 20.1 Å². The Kier molecular flexibility index (Phi) is 5.58. The molecule has 1 aliphatic rings. The summed E-state index contributed by atoms with van der Waals surface area (Å²) in [5, 5.41) is 5.93. The van der Waals surface area contributed by atoms with Crippen molar-refractivity contribution in [1.29, 1.82) is 0 Å². The van der Waals surface area contributed by atoms with Crippen LogP contribution in [0.15, 0.2) is 42.5 Å². The van der Waals surface area contributed by atoms with E-state index in [9.17, 15) is 9.59 Å². The summed E-state index contributed by atoms with van der Waals surface area (Å²) in [4.78, 5) is 24.4. The first-order chi connectivity index (χ1) is 13.2. The molecule has 6 heteroatoms. The van der Waals surface area contributed by atoms with Crippen LogP contribution in [0.3, 0.4) is 0 Å². The normalized spacial score (nSPS) is 13.7. The van der Waals surface area contributed by atoms with Crippen LogP contribution in [0.25, 0.3) is 0 Å². The summed E-state index contributed by atoms with van der Waals surface area (Å²) < 4.78 is 10.8. The van der Waals surface area contributed by atoms with Gasteiger partial charge in [0.1, 0.15) is 0 Å². The van der Waals surface area contributed by atoms with Gasteiger partial charge >= 0.3 is 0 Å². The number of carbonyl (C=O) groups is 2. The van der Waals surface area contributed by atoms with Crippen molar-refractivity contribution >= 4 is 11.8 Å². The van der Waals surface area contributed by atoms with Gasteiger partial charge in [0.05, 0.1) is 18.0 Å². The van der Waals surface area contributed by atoms with Crippen LogP contribution in [-0.2, 0) is 15.1 Å². The molecule has 0 bridgehead atoms. The van der Waals surface area contributed by atoms with Gasteiger partial charge in [-0.15, -0.1) is 0 Å². The van der Waals surface area contributed by atoms with Crippen LogP contribution >= 0.6 is 0 Å². The fraction of sp³-hybridized carbons (Fsp3) is 0.364. The molecule has 0 saturated carbocycles. The van der Waals surface area contributed by atoms with E-state index in [1.54, 1.807) is 0 Å². The van der Waals surface area contributed by atoms with Crippen LogP contribution in [0.5, 0.6) is 11.5 Å². The van der Waals surface area contributed by atoms with Crippen LogP contribution < -0.4 is 20.1 Å². The molecule has 6 nitrogen and oxygen atoms in total. The Hall–Kier alpha value is -3.02. The summed E-state index contributed by atoms with van der Waals surface area (Å²) >= 11 is 0. The number of fused-ring (bicyclic) bond motifs is 1. The lowest BCUT2D eigenvalue weighted by molar-refractivity contribution is -0.124. The molecule has 1 aliphatic heterocycles. The molecule has 0 radical (unpaired) electrons. The maximum atomic E-state index is 12.8. The Morgan fingerprint density at radius 1 is 1.07 bits per heavy atom. The molecule has 1 heterocycles. The van der Waals surface area contributed by atoms with E-state index in [1.807, 2.05) is 63.2 Å². The molecular formula is C22H26N2O4. The van der Waals surface area contributed by atoms with E-state index in [1.165, 1.54) is 6.92 Å². The molecule has 1 atom stereocenters. The van der Waals surface area contributed by atoms with Crippen molar-refractivity contribution in [3.8, 4) is 11.5 Å². The minimum Gasteiger partial charge on any atom is -0.454 e. The van der Waals surface area contributed by atoms with E-state index in [4.69, 9.17) is 9.47 Å². The van der Waals surface area contributed by atoms with Crippen LogP contribution in [0.2, 0.25) is 0 Å². The number of carbonyl (C=O) groups excluding carboxylic acids is 2. The average Bonchev–Trinajstić information content (AvgIpc) is 3.08. The van der Waals surface area contributed by atoms with Gasteiger partial charge in [-0.3, -0.25) is 9.59 Å². The van der Waals surface area contributed by atoms with Crippen molar-refractivity contribution in [3.63, 3.8) is 0 Å².